The first-order valence-corrected chi connectivity index (χ1v) is 7.03. The summed E-state index contributed by atoms with van der Waals surface area (Å²) < 4.78 is 13.3. The maximum atomic E-state index is 13.3. The van der Waals surface area contributed by atoms with E-state index in [1.807, 2.05) is 0 Å². The smallest absolute Gasteiger partial charge is 0.229 e. The van der Waals surface area contributed by atoms with Crippen molar-refractivity contribution in [2.24, 2.45) is 5.92 Å². The monoisotopic (exact) mass is 325 g/mol. The second-order valence-electron chi connectivity index (χ2n) is 4.87. The fraction of sp³-hybridized carbons (Fsp3) is 0.214. The van der Waals surface area contributed by atoms with E-state index in [0.717, 1.165) is 5.56 Å². The third-order valence-corrected chi connectivity index (χ3v) is 3.75. The molecule has 1 amide bonds. The molecule has 1 aliphatic carbocycles. The van der Waals surface area contributed by atoms with Gasteiger partial charge in [-0.2, -0.15) is 0 Å². The van der Waals surface area contributed by atoms with Crippen molar-refractivity contribution in [3.63, 3.8) is 0 Å². The molecular weight excluding hydrogens is 316 g/mol. The molecular formula is C14H10Cl2FN3O. The van der Waals surface area contributed by atoms with E-state index in [4.69, 9.17) is 23.2 Å². The Bertz CT molecular complexity index is 690. The summed E-state index contributed by atoms with van der Waals surface area (Å²) in [6, 6.07) is 5.80. The zero-order valence-corrected chi connectivity index (χ0v) is 12.2. The Kier molecular flexibility index (Phi) is 3.78. The van der Waals surface area contributed by atoms with Crippen LogP contribution >= 0.6 is 23.2 Å². The first-order chi connectivity index (χ1) is 10.0. The van der Waals surface area contributed by atoms with Crippen LogP contribution in [0.4, 0.5) is 10.2 Å². The Morgan fingerprint density at radius 1 is 1.24 bits per heavy atom. The summed E-state index contributed by atoms with van der Waals surface area (Å²) in [4.78, 5) is 19.7. The van der Waals surface area contributed by atoms with Gasteiger partial charge in [-0.1, -0.05) is 23.2 Å². The van der Waals surface area contributed by atoms with E-state index >= 15 is 0 Å². The SMILES string of the molecule is O=C(Nc1cc(Cl)ncn1)[C@H]1C[C@@H]1c1cc(F)cc(Cl)c1. The summed E-state index contributed by atoms with van der Waals surface area (Å²) in [6.07, 6.45) is 1.93. The molecule has 2 aromatic rings. The van der Waals surface area contributed by atoms with Crippen molar-refractivity contribution in [2.45, 2.75) is 12.3 Å². The molecule has 0 radical (unpaired) electrons. The summed E-state index contributed by atoms with van der Waals surface area (Å²) in [6.45, 7) is 0. The first kappa shape index (κ1) is 14.2. The molecule has 0 aliphatic heterocycles. The lowest BCUT2D eigenvalue weighted by atomic mass is 10.1. The number of benzene rings is 1. The highest BCUT2D eigenvalue weighted by atomic mass is 35.5. The number of hydrogen-bond donors (Lipinski definition) is 1. The third-order valence-electron chi connectivity index (χ3n) is 3.33. The topological polar surface area (TPSA) is 54.9 Å². The van der Waals surface area contributed by atoms with Crippen molar-refractivity contribution in [2.75, 3.05) is 5.32 Å². The molecule has 0 spiro atoms. The van der Waals surface area contributed by atoms with Crippen LogP contribution in [0.3, 0.4) is 0 Å². The van der Waals surface area contributed by atoms with Crippen molar-refractivity contribution in [3.05, 3.63) is 52.1 Å². The highest BCUT2D eigenvalue weighted by Crippen LogP contribution is 2.48. The Hall–Kier alpha value is -1.72. The molecule has 1 fully saturated rings. The quantitative estimate of drug-likeness (QED) is 0.876. The minimum atomic E-state index is -0.397. The van der Waals surface area contributed by atoms with Crippen molar-refractivity contribution < 1.29 is 9.18 Å². The van der Waals surface area contributed by atoms with E-state index in [2.05, 4.69) is 15.3 Å². The van der Waals surface area contributed by atoms with Gasteiger partial charge in [0.15, 0.2) is 0 Å². The summed E-state index contributed by atoms with van der Waals surface area (Å²) in [5.41, 5.74) is 0.737. The number of nitrogens with one attached hydrogen (secondary N) is 1. The van der Waals surface area contributed by atoms with Crippen LogP contribution in [0.5, 0.6) is 0 Å². The standard InChI is InChI=1S/C14H10Cl2FN3O/c15-8-1-7(2-9(17)3-8)10-4-11(10)14(21)20-13-5-12(16)18-6-19-13/h1-3,5-6,10-11H,4H2,(H,18,19,20,21)/t10-,11+/m1/s1. The zero-order valence-electron chi connectivity index (χ0n) is 10.7. The highest BCUT2D eigenvalue weighted by molar-refractivity contribution is 6.30. The number of carbonyl (C=O) groups excluding carboxylic acids is 1. The highest BCUT2D eigenvalue weighted by Gasteiger charge is 2.44. The predicted molar refractivity (Wildman–Crippen MR) is 77.9 cm³/mol. The minimum absolute atomic E-state index is 0.0180. The largest absolute Gasteiger partial charge is 0.310 e. The molecule has 2 atom stereocenters. The van der Waals surface area contributed by atoms with Crippen LogP contribution in [-0.2, 0) is 4.79 Å². The summed E-state index contributed by atoms with van der Waals surface area (Å²) >= 11 is 11.5. The van der Waals surface area contributed by atoms with Gasteiger partial charge in [0, 0.05) is 17.0 Å². The van der Waals surface area contributed by atoms with Crippen molar-refractivity contribution in [1.82, 2.24) is 9.97 Å². The normalized spacial score (nSPS) is 20.1. The van der Waals surface area contributed by atoms with E-state index in [0.29, 0.717) is 17.3 Å². The lowest BCUT2D eigenvalue weighted by Gasteiger charge is -2.04. The van der Waals surface area contributed by atoms with Gasteiger partial charge >= 0.3 is 0 Å². The number of amides is 1. The number of rotatable bonds is 3. The number of nitrogens with zero attached hydrogens (tertiary/aromatic N) is 2. The van der Waals surface area contributed by atoms with Crippen LogP contribution in [0.15, 0.2) is 30.6 Å². The van der Waals surface area contributed by atoms with Crippen LogP contribution < -0.4 is 5.32 Å². The Morgan fingerprint density at radius 2 is 2.05 bits per heavy atom. The molecule has 108 valence electrons. The van der Waals surface area contributed by atoms with Gasteiger partial charge in [-0.3, -0.25) is 4.79 Å². The third kappa shape index (κ3) is 3.31. The Morgan fingerprint density at radius 3 is 2.76 bits per heavy atom. The van der Waals surface area contributed by atoms with Crippen LogP contribution in [-0.4, -0.2) is 15.9 Å². The van der Waals surface area contributed by atoms with Gasteiger partial charge in [0.2, 0.25) is 5.91 Å². The number of aromatic nitrogens is 2. The number of anilines is 1. The molecule has 1 N–H and O–H groups in total. The molecule has 1 heterocycles. The molecule has 21 heavy (non-hydrogen) atoms. The maximum absolute atomic E-state index is 13.3. The van der Waals surface area contributed by atoms with Gasteiger partial charge < -0.3 is 5.32 Å². The predicted octanol–water partition coefficient (Wildman–Crippen LogP) is 3.66. The fourth-order valence-corrected chi connectivity index (χ4v) is 2.64. The Balaban J connectivity index is 1.68. The maximum Gasteiger partial charge on any atom is 0.229 e. The lowest BCUT2D eigenvalue weighted by molar-refractivity contribution is -0.117. The van der Waals surface area contributed by atoms with E-state index in [9.17, 15) is 9.18 Å². The van der Waals surface area contributed by atoms with Crippen LogP contribution in [0.1, 0.15) is 17.9 Å². The second kappa shape index (κ2) is 5.58. The van der Waals surface area contributed by atoms with Gasteiger partial charge in [-0.25, -0.2) is 14.4 Å². The summed E-state index contributed by atoms with van der Waals surface area (Å²) in [5, 5.41) is 3.26. The molecule has 0 saturated heterocycles. The van der Waals surface area contributed by atoms with Gasteiger partial charge in [0.1, 0.15) is 23.1 Å². The van der Waals surface area contributed by atoms with Crippen LogP contribution in [0, 0.1) is 11.7 Å². The van der Waals surface area contributed by atoms with Gasteiger partial charge in [-0.15, -0.1) is 0 Å². The molecule has 0 bridgehead atoms. The zero-order chi connectivity index (χ0) is 15.0. The summed E-state index contributed by atoms with van der Waals surface area (Å²) in [5.74, 6) is -0.448. The molecule has 0 unspecified atom stereocenters. The van der Waals surface area contributed by atoms with E-state index in [1.54, 1.807) is 6.07 Å². The van der Waals surface area contributed by atoms with Gasteiger partial charge in [-0.05, 0) is 36.1 Å². The first-order valence-electron chi connectivity index (χ1n) is 6.27. The van der Waals surface area contributed by atoms with E-state index in [1.165, 1.54) is 24.5 Å². The molecule has 1 aromatic heterocycles. The number of halogens is 3. The van der Waals surface area contributed by atoms with Crippen molar-refractivity contribution >= 4 is 34.9 Å². The van der Waals surface area contributed by atoms with Gasteiger partial charge in [0.05, 0.1) is 0 Å². The average molecular weight is 326 g/mol. The fourth-order valence-electron chi connectivity index (χ4n) is 2.26. The number of hydrogen-bond acceptors (Lipinski definition) is 3. The van der Waals surface area contributed by atoms with E-state index < -0.39 is 5.82 Å². The number of carbonyl (C=O) groups is 1. The van der Waals surface area contributed by atoms with Crippen LogP contribution in [0.25, 0.3) is 0 Å². The van der Waals surface area contributed by atoms with Crippen molar-refractivity contribution in [1.29, 1.82) is 0 Å². The second-order valence-corrected chi connectivity index (χ2v) is 5.69. The molecule has 1 aromatic carbocycles. The lowest BCUT2D eigenvalue weighted by Crippen LogP contribution is -2.15. The van der Waals surface area contributed by atoms with Gasteiger partial charge in [0.25, 0.3) is 0 Å². The molecule has 7 heteroatoms. The van der Waals surface area contributed by atoms with Crippen LogP contribution in [0.2, 0.25) is 10.2 Å². The van der Waals surface area contributed by atoms with Crippen molar-refractivity contribution in [3.8, 4) is 0 Å². The Labute approximate surface area is 130 Å². The summed E-state index contributed by atoms with van der Waals surface area (Å²) in [7, 11) is 0. The molecule has 1 saturated carbocycles. The molecule has 1 aliphatic rings. The van der Waals surface area contributed by atoms with E-state index in [-0.39, 0.29) is 22.9 Å². The molecule has 3 rings (SSSR count). The average Bonchev–Trinajstić information content (AvgIpc) is 3.17. The minimum Gasteiger partial charge on any atom is -0.310 e. The molecule has 4 nitrogen and oxygen atoms in total.